The number of sulfonamides is 1. The Morgan fingerprint density at radius 1 is 1.10 bits per heavy atom. The molecule has 1 saturated heterocycles. The molecular weight excluding hydrogens is 418 g/mol. The minimum absolute atomic E-state index is 0.138. The van der Waals surface area contributed by atoms with Gasteiger partial charge in [-0.15, -0.1) is 0 Å². The summed E-state index contributed by atoms with van der Waals surface area (Å²) in [4.78, 5) is 28.1. The molecule has 0 saturated carbocycles. The zero-order valence-electron chi connectivity index (χ0n) is 17.0. The van der Waals surface area contributed by atoms with E-state index >= 15 is 0 Å². The Morgan fingerprint density at radius 2 is 1.81 bits per heavy atom. The topological polar surface area (TPSA) is 116 Å². The highest BCUT2D eigenvalue weighted by Crippen LogP contribution is 2.35. The second kappa shape index (κ2) is 6.96. The van der Waals surface area contributed by atoms with Crippen molar-refractivity contribution in [2.24, 2.45) is 0 Å². The molecule has 3 N–H and O–H groups in total. The molecule has 1 aromatic carbocycles. The monoisotopic (exact) mass is 441 g/mol. The number of aromatic nitrogens is 2. The summed E-state index contributed by atoms with van der Waals surface area (Å²) < 4.78 is 29.6. The van der Waals surface area contributed by atoms with Crippen LogP contribution in [0.5, 0.6) is 0 Å². The first kappa shape index (κ1) is 19.8. The Bertz CT molecular complexity index is 1420. The number of rotatable bonds is 3. The lowest BCUT2D eigenvalue weighted by Gasteiger charge is -2.38. The van der Waals surface area contributed by atoms with Gasteiger partial charge in [0.15, 0.2) is 0 Å². The van der Waals surface area contributed by atoms with E-state index in [1.165, 1.54) is 10.5 Å². The molecule has 3 aliphatic rings. The lowest BCUT2D eigenvalue weighted by atomic mass is 10.00. The van der Waals surface area contributed by atoms with E-state index < -0.39 is 26.8 Å². The predicted molar refractivity (Wildman–Crippen MR) is 116 cm³/mol. The average Bonchev–Trinajstić information content (AvgIpc) is 3.14. The summed E-state index contributed by atoms with van der Waals surface area (Å²) >= 11 is 0. The second-order valence-corrected chi connectivity index (χ2v) is 9.89. The van der Waals surface area contributed by atoms with Gasteiger partial charge in [0.25, 0.3) is 10.0 Å². The van der Waals surface area contributed by atoms with Crippen LogP contribution in [0.15, 0.2) is 57.1 Å². The molecule has 1 aromatic heterocycles. The number of H-pyrrole nitrogens is 1. The standard InChI is InChI=1S/C21H23N5O4S/c1-21-16(9-12-25(21)31(29,30)15-5-3-2-4-6-15)18-17(13-23-21)24-19(27)20(28)26(18)14-7-10-22-11-8-14/h2-6,9,12-14,22-23H,7-8,10-11H2,1H3,(H,24,27). The van der Waals surface area contributed by atoms with E-state index in [1.54, 1.807) is 54.1 Å². The lowest BCUT2D eigenvalue weighted by Crippen LogP contribution is -2.64. The number of nitrogens with one attached hydrogen (secondary N) is 3. The molecule has 9 nitrogen and oxygen atoms in total. The number of aromatic amines is 1. The molecule has 10 heteroatoms. The lowest BCUT2D eigenvalue weighted by molar-refractivity contribution is 0.319. The molecule has 0 aliphatic carbocycles. The van der Waals surface area contributed by atoms with Gasteiger partial charge in [-0.2, -0.15) is 0 Å². The number of hydrogen-bond acceptors (Lipinski definition) is 6. The Morgan fingerprint density at radius 3 is 2.52 bits per heavy atom. The third-order valence-corrected chi connectivity index (χ3v) is 8.10. The van der Waals surface area contributed by atoms with Gasteiger partial charge < -0.3 is 15.6 Å². The van der Waals surface area contributed by atoms with Crippen molar-refractivity contribution in [1.82, 2.24) is 24.5 Å². The van der Waals surface area contributed by atoms with Gasteiger partial charge in [0.1, 0.15) is 5.66 Å². The maximum atomic E-state index is 13.4. The maximum absolute atomic E-state index is 13.4. The van der Waals surface area contributed by atoms with Crippen molar-refractivity contribution in [3.63, 3.8) is 0 Å². The van der Waals surface area contributed by atoms with Gasteiger partial charge in [0.05, 0.1) is 15.6 Å². The van der Waals surface area contributed by atoms with Crippen LogP contribution in [0.1, 0.15) is 25.8 Å². The molecule has 0 bridgehead atoms. The molecule has 0 spiro atoms. The summed E-state index contributed by atoms with van der Waals surface area (Å²) in [7, 11) is -3.85. The van der Waals surface area contributed by atoms with Gasteiger partial charge >= 0.3 is 11.1 Å². The van der Waals surface area contributed by atoms with Crippen LogP contribution in [0.2, 0.25) is 0 Å². The Balaban J connectivity index is 1.76. The van der Waals surface area contributed by atoms with E-state index in [9.17, 15) is 18.0 Å². The molecule has 2 aromatic rings. The van der Waals surface area contributed by atoms with Crippen molar-refractivity contribution >= 4 is 21.8 Å². The van der Waals surface area contributed by atoms with Crippen molar-refractivity contribution in [1.29, 1.82) is 0 Å². The molecule has 4 heterocycles. The zero-order valence-corrected chi connectivity index (χ0v) is 17.8. The largest absolute Gasteiger partial charge is 0.362 e. The number of benzene rings is 1. The SMILES string of the molecule is CC12NC=c3[nH]c(=O)c(=O)n(C4CCNCC4)c3=C1C=CN2S(=O)(=O)c1ccccc1. The van der Waals surface area contributed by atoms with Crippen LogP contribution in [0.4, 0.5) is 0 Å². The third kappa shape index (κ3) is 2.89. The smallest absolute Gasteiger partial charge is 0.316 e. The fraction of sp³-hybridized carbons (Fsp3) is 0.333. The average molecular weight is 442 g/mol. The number of nitrogens with zero attached hydrogens (tertiary/aromatic N) is 2. The van der Waals surface area contributed by atoms with E-state index in [4.69, 9.17) is 0 Å². The molecule has 0 radical (unpaired) electrons. The van der Waals surface area contributed by atoms with E-state index in [0.717, 1.165) is 13.1 Å². The Labute approximate surface area is 178 Å². The van der Waals surface area contributed by atoms with Gasteiger partial charge in [-0.05, 0) is 51.1 Å². The first-order valence-electron chi connectivity index (χ1n) is 10.2. The van der Waals surface area contributed by atoms with Crippen molar-refractivity contribution in [2.45, 2.75) is 36.4 Å². The summed E-state index contributed by atoms with van der Waals surface area (Å²) in [5, 5.41) is 7.44. The first-order chi connectivity index (χ1) is 14.8. The van der Waals surface area contributed by atoms with Crippen molar-refractivity contribution in [2.75, 3.05) is 13.1 Å². The Kier molecular flexibility index (Phi) is 4.45. The summed E-state index contributed by atoms with van der Waals surface area (Å²) in [6.07, 6.45) is 6.22. The molecule has 31 heavy (non-hydrogen) atoms. The predicted octanol–water partition coefficient (Wildman–Crippen LogP) is -1.11. The van der Waals surface area contributed by atoms with Gasteiger partial charge in [-0.3, -0.25) is 14.2 Å². The van der Waals surface area contributed by atoms with Crippen molar-refractivity contribution in [3.05, 3.63) is 74.0 Å². The summed E-state index contributed by atoms with van der Waals surface area (Å²) in [6.45, 7) is 3.25. The van der Waals surface area contributed by atoms with Crippen LogP contribution < -0.4 is 32.5 Å². The molecule has 1 fully saturated rings. The van der Waals surface area contributed by atoms with Crippen LogP contribution in [0.3, 0.4) is 0 Å². The number of piperidine rings is 1. The molecule has 5 rings (SSSR count). The minimum Gasteiger partial charge on any atom is -0.362 e. The van der Waals surface area contributed by atoms with E-state index in [0.29, 0.717) is 29.1 Å². The first-order valence-corrected chi connectivity index (χ1v) is 11.6. The summed E-state index contributed by atoms with van der Waals surface area (Å²) in [5.74, 6) is 0. The van der Waals surface area contributed by atoms with Gasteiger partial charge in [-0.25, -0.2) is 12.7 Å². The normalized spacial score (nSPS) is 23.1. The van der Waals surface area contributed by atoms with Crippen molar-refractivity contribution in [3.8, 4) is 0 Å². The van der Waals surface area contributed by atoms with Crippen LogP contribution in [-0.2, 0) is 10.0 Å². The Hall–Kier alpha value is -3.11. The van der Waals surface area contributed by atoms with Crippen LogP contribution >= 0.6 is 0 Å². The van der Waals surface area contributed by atoms with E-state index in [-0.39, 0.29) is 10.9 Å². The number of hydrogen-bond donors (Lipinski definition) is 3. The van der Waals surface area contributed by atoms with Crippen molar-refractivity contribution < 1.29 is 8.42 Å². The second-order valence-electron chi connectivity index (χ2n) is 8.08. The molecular formula is C21H23N5O4S. The molecule has 1 atom stereocenters. The quantitative estimate of drug-likeness (QED) is 0.520. The van der Waals surface area contributed by atoms with Crippen LogP contribution in [0.25, 0.3) is 11.8 Å². The van der Waals surface area contributed by atoms with Gasteiger partial charge in [-0.1, -0.05) is 18.2 Å². The van der Waals surface area contributed by atoms with Gasteiger partial charge in [0, 0.05) is 24.0 Å². The molecule has 0 amide bonds. The van der Waals surface area contributed by atoms with Gasteiger partial charge in [0.2, 0.25) is 0 Å². The fourth-order valence-electron chi connectivity index (χ4n) is 4.63. The highest BCUT2D eigenvalue weighted by atomic mass is 32.2. The highest BCUT2D eigenvalue weighted by molar-refractivity contribution is 7.89. The number of fused-ring (bicyclic) bond motifs is 2. The maximum Gasteiger partial charge on any atom is 0.316 e. The minimum atomic E-state index is -3.85. The van der Waals surface area contributed by atoms with E-state index in [1.807, 2.05) is 0 Å². The molecule has 162 valence electrons. The summed E-state index contributed by atoms with van der Waals surface area (Å²) in [5.41, 5.74) is -1.82. The zero-order chi connectivity index (χ0) is 21.8. The van der Waals surface area contributed by atoms with E-state index in [2.05, 4.69) is 15.6 Å². The molecule has 3 aliphatic heterocycles. The van der Waals surface area contributed by atoms with Crippen LogP contribution in [0, 0.1) is 0 Å². The molecule has 1 unspecified atom stereocenters. The third-order valence-electron chi connectivity index (χ3n) is 6.23. The summed E-state index contributed by atoms with van der Waals surface area (Å²) in [6, 6.07) is 8.07. The highest BCUT2D eigenvalue weighted by Gasteiger charge is 2.46. The van der Waals surface area contributed by atoms with Crippen LogP contribution in [-0.4, -0.2) is 41.0 Å². The fourth-order valence-corrected chi connectivity index (χ4v) is 6.21.